The molecule has 1 saturated carbocycles. The lowest BCUT2D eigenvalue weighted by molar-refractivity contribution is 0.0522. The lowest BCUT2D eigenvalue weighted by Crippen LogP contribution is -2.34. The number of hydrogen-bond donors (Lipinski definition) is 0. The first-order valence-electron chi connectivity index (χ1n) is 14.0. The van der Waals surface area contributed by atoms with Crippen molar-refractivity contribution in [2.75, 3.05) is 33.5 Å². The Kier molecular flexibility index (Phi) is 8.81. The first-order valence-corrected chi connectivity index (χ1v) is 14.0. The number of fused-ring (bicyclic) bond motifs is 3. The van der Waals surface area contributed by atoms with Crippen LogP contribution in [0.15, 0.2) is 17.1 Å². The number of nitrogens with zero attached hydrogens (tertiary/aromatic N) is 2. The zero-order valence-corrected chi connectivity index (χ0v) is 23.7. The van der Waals surface area contributed by atoms with Gasteiger partial charge in [0, 0.05) is 38.3 Å². The molecule has 8 heteroatoms. The number of rotatable bonds is 12. The maximum absolute atomic E-state index is 13.7. The lowest BCUT2D eigenvalue weighted by Gasteiger charge is -2.39. The van der Waals surface area contributed by atoms with Crippen LogP contribution in [0.2, 0.25) is 0 Å². The molecule has 1 aliphatic carbocycles. The highest BCUT2D eigenvalue weighted by molar-refractivity contribution is 5.90. The standard InChI is InChI=1S/C30H42N2O6/c1-7-9-14-38-28-26-25-20(16-22(37-15-10-13-35-6)24(31-25)19-11-12-19)17-23(30(3,4)5)32(26)18-21(27(28)33)29(34)36-8-2/h16,18-19,23H,7-15,17H2,1-6H3/t23-/m0/s1. The monoisotopic (exact) mass is 526 g/mol. The zero-order chi connectivity index (χ0) is 27.4. The van der Waals surface area contributed by atoms with Gasteiger partial charge in [0.2, 0.25) is 5.43 Å². The van der Waals surface area contributed by atoms with E-state index in [1.165, 1.54) is 0 Å². The van der Waals surface area contributed by atoms with E-state index >= 15 is 0 Å². The highest BCUT2D eigenvalue weighted by Crippen LogP contribution is 2.49. The van der Waals surface area contributed by atoms with Crippen LogP contribution in [0.1, 0.15) is 100 Å². The predicted octanol–water partition coefficient (Wildman–Crippen LogP) is 5.70. The first-order chi connectivity index (χ1) is 18.2. The second-order valence-corrected chi connectivity index (χ2v) is 11.3. The van der Waals surface area contributed by atoms with E-state index in [4.69, 9.17) is 23.9 Å². The number of hydrogen-bond acceptors (Lipinski definition) is 7. The van der Waals surface area contributed by atoms with E-state index in [0.29, 0.717) is 37.9 Å². The molecule has 0 spiro atoms. The summed E-state index contributed by atoms with van der Waals surface area (Å²) >= 11 is 0. The van der Waals surface area contributed by atoms with Gasteiger partial charge in [0.05, 0.1) is 31.2 Å². The molecule has 0 amide bonds. The van der Waals surface area contributed by atoms with E-state index < -0.39 is 11.4 Å². The smallest absolute Gasteiger partial charge is 0.343 e. The minimum atomic E-state index is -0.627. The van der Waals surface area contributed by atoms with Crippen LogP contribution < -0.4 is 14.9 Å². The topological polar surface area (TPSA) is 88.9 Å². The number of esters is 1. The fourth-order valence-corrected chi connectivity index (χ4v) is 4.98. The van der Waals surface area contributed by atoms with Gasteiger partial charge in [-0.3, -0.25) is 4.79 Å². The summed E-state index contributed by atoms with van der Waals surface area (Å²) in [5.41, 5.74) is 2.73. The summed E-state index contributed by atoms with van der Waals surface area (Å²) in [6.07, 6.45) is 7.01. The molecule has 0 N–H and O–H groups in total. The third-order valence-electron chi connectivity index (χ3n) is 7.21. The van der Waals surface area contributed by atoms with Gasteiger partial charge in [-0.1, -0.05) is 34.1 Å². The van der Waals surface area contributed by atoms with Crippen molar-refractivity contribution in [3.8, 4) is 22.9 Å². The second kappa shape index (κ2) is 11.9. The summed E-state index contributed by atoms with van der Waals surface area (Å²) in [6, 6.07) is 2.08. The highest BCUT2D eigenvalue weighted by Gasteiger charge is 2.39. The number of carbonyl (C=O) groups excluding carboxylic acids is 1. The molecule has 38 heavy (non-hydrogen) atoms. The molecule has 0 aromatic carbocycles. The molecule has 0 saturated heterocycles. The van der Waals surface area contributed by atoms with Gasteiger partial charge in [-0.2, -0.15) is 0 Å². The molecule has 1 aliphatic heterocycles. The van der Waals surface area contributed by atoms with Crippen LogP contribution in [-0.2, 0) is 15.9 Å². The molecule has 2 aromatic heterocycles. The van der Waals surface area contributed by atoms with Crippen LogP contribution in [0.3, 0.4) is 0 Å². The van der Waals surface area contributed by atoms with Crippen LogP contribution in [0.5, 0.6) is 11.5 Å². The number of unbranched alkanes of at least 4 members (excludes halogenated alkanes) is 1. The fraction of sp³-hybridized carbons (Fsp3) is 0.633. The Morgan fingerprint density at radius 1 is 1.11 bits per heavy atom. The number of carbonyl (C=O) groups is 1. The third kappa shape index (κ3) is 5.90. The molecule has 0 radical (unpaired) electrons. The average Bonchev–Trinajstić information content (AvgIpc) is 3.71. The maximum atomic E-state index is 13.7. The minimum Gasteiger partial charge on any atom is -0.492 e. The van der Waals surface area contributed by atoms with E-state index in [0.717, 1.165) is 54.8 Å². The maximum Gasteiger partial charge on any atom is 0.343 e. The van der Waals surface area contributed by atoms with Gasteiger partial charge < -0.3 is 23.5 Å². The normalized spacial score (nSPS) is 16.5. The largest absolute Gasteiger partial charge is 0.492 e. The van der Waals surface area contributed by atoms with Gasteiger partial charge in [-0.15, -0.1) is 0 Å². The molecule has 3 heterocycles. The van der Waals surface area contributed by atoms with Gasteiger partial charge in [-0.25, -0.2) is 9.78 Å². The summed E-state index contributed by atoms with van der Waals surface area (Å²) in [6.45, 7) is 12.1. The molecule has 208 valence electrons. The minimum absolute atomic E-state index is 0.000288. The Morgan fingerprint density at radius 3 is 2.47 bits per heavy atom. The van der Waals surface area contributed by atoms with E-state index in [9.17, 15) is 9.59 Å². The molecular formula is C30H42N2O6. The Hall–Kier alpha value is -2.87. The molecule has 0 bridgehead atoms. The van der Waals surface area contributed by atoms with Crippen molar-refractivity contribution in [2.24, 2.45) is 5.41 Å². The summed E-state index contributed by atoms with van der Waals surface area (Å²) in [5.74, 6) is 0.726. The van der Waals surface area contributed by atoms with E-state index in [1.54, 1.807) is 20.2 Å². The van der Waals surface area contributed by atoms with Crippen LogP contribution in [0, 0.1) is 5.41 Å². The Labute approximate surface area is 225 Å². The van der Waals surface area contributed by atoms with Crippen molar-refractivity contribution in [1.29, 1.82) is 0 Å². The number of methoxy groups -OCH3 is 1. The summed E-state index contributed by atoms with van der Waals surface area (Å²) in [7, 11) is 1.69. The number of pyridine rings is 2. The van der Waals surface area contributed by atoms with Gasteiger partial charge >= 0.3 is 5.97 Å². The van der Waals surface area contributed by atoms with Gasteiger partial charge in [-0.05, 0) is 49.7 Å². The Bertz CT molecular complexity index is 1210. The van der Waals surface area contributed by atoms with Crippen LogP contribution in [0.4, 0.5) is 0 Å². The highest BCUT2D eigenvalue weighted by atomic mass is 16.5. The molecule has 8 nitrogen and oxygen atoms in total. The van der Waals surface area contributed by atoms with E-state index in [-0.39, 0.29) is 29.4 Å². The van der Waals surface area contributed by atoms with Crippen molar-refractivity contribution in [2.45, 2.75) is 85.1 Å². The summed E-state index contributed by atoms with van der Waals surface area (Å²) in [4.78, 5) is 31.7. The molecule has 0 unspecified atom stereocenters. The van der Waals surface area contributed by atoms with Crippen molar-refractivity contribution in [1.82, 2.24) is 9.55 Å². The van der Waals surface area contributed by atoms with Crippen molar-refractivity contribution in [3.05, 3.63) is 39.3 Å². The lowest BCUT2D eigenvalue weighted by atomic mass is 9.79. The summed E-state index contributed by atoms with van der Waals surface area (Å²) < 4.78 is 24.9. The van der Waals surface area contributed by atoms with Crippen LogP contribution >= 0.6 is 0 Å². The molecule has 2 aliphatic rings. The number of ether oxygens (including phenoxy) is 4. The van der Waals surface area contributed by atoms with Crippen molar-refractivity contribution in [3.63, 3.8) is 0 Å². The van der Waals surface area contributed by atoms with Gasteiger partial charge in [0.1, 0.15) is 17.0 Å². The van der Waals surface area contributed by atoms with Crippen LogP contribution in [-0.4, -0.2) is 49.1 Å². The molecule has 2 aromatic rings. The Balaban J connectivity index is 1.92. The predicted molar refractivity (Wildman–Crippen MR) is 146 cm³/mol. The number of aromatic nitrogens is 2. The van der Waals surface area contributed by atoms with Crippen molar-refractivity contribution >= 4 is 5.97 Å². The van der Waals surface area contributed by atoms with Gasteiger partial charge in [0.15, 0.2) is 5.75 Å². The first kappa shape index (κ1) is 28.1. The van der Waals surface area contributed by atoms with Gasteiger partial charge in [0.25, 0.3) is 0 Å². The SMILES string of the molecule is CCCCOc1c2n(cc(C(=O)OCC)c1=O)[C@H](C(C)(C)C)Cc1cc(OCCCOC)c(C3CC3)nc1-2. The quantitative estimate of drug-likeness (QED) is 0.259. The molecule has 1 atom stereocenters. The average molecular weight is 527 g/mol. The van der Waals surface area contributed by atoms with Crippen LogP contribution in [0.25, 0.3) is 11.4 Å². The Morgan fingerprint density at radius 2 is 1.84 bits per heavy atom. The van der Waals surface area contributed by atoms with E-state index in [1.807, 2.05) is 4.57 Å². The second-order valence-electron chi connectivity index (χ2n) is 11.3. The molecule has 1 fully saturated rings. The molecule has 4 rings (SSSR count). The zero-order valence-electron chi connectivity index (χ0n) is 23.7. The fourth-order valence-electron chi connectivity index (χ4n) is 4.98. The molecular weight excluding hydrogens is 484 g/mol. The van der Waals surface area contributed by atoms with E-state index in [2.05, 4.69) is 33.8 Å². The summed E-state index contributed by atoms with van der Waals surface area (Å²) in [5, 5.41) is 0. The third-order valence-corrected chi connectivity index (χ3v) is 7.21. The van der Waals surface area contributed by atoms with Crippen molar-refractivity contribution < 1.29 is 23.7 Å².